The molecule has 0 spiro atoms. The van der Waals surface area contributed by atoms with Crippen LogP contribution in [0.1, 0.15) is 78.6 Å². The van der Waals surface area contributed by atoms with Crippen LogP contribution in [0.2, 0.25) is 0 Å². The van der Waals surface area contributed by atoms with Crippen LogP contribution in [0.3, 0.4) is 0 Å². The molecule has 27 heavy (non-hydrogen) atoms. The van der Waals surface area contributed by atoms with E-state index in [4.69, 9.17) is 4.74 Å². The summed E-state index contributed by atoms with van der Waals surface area (Å²) in [5, 5.41) is 10.3. The van der Waals surface area contributed by atoms with E-state index in [-0.39, 0.29) is 23.7 Å². The van der Waals surface area contributed by atoms with Crippen molar-refractivity contribution in [3.63, 3.8) is 0 Å². The highest BCUT2D eigenvalue weighted by Crippen LogP contribution is 2.33. The number of ketones is 1. The summed E-state index contributed by atoms with van der Waals surface area (Å²) in [6.07, 6.45) is 15.3. The van der Waals surface area contributed by atoms with Gasteiger partial charge in [-0.05, 0) is 50.9 Å². The van der Waals surface area contributed by atoms with Crippen LogP contribution in [-0.4, -0.2) is 29.6 Å². The molecule has 1 saturated carbocycles. The first kappa shape index (κ1) is 23.6. The predicted molar refractivity (Wildman–Crippen MR) is 109 cm³/mol. The van der Waals surface area contributed by atoms with Gasteiger partial charge < -0.3 is 9.84 Å². The number of aliphatic hydroxyl groups is 1. The molecule has 4 nitrogen and oxygen atoms in total. The third kappa shape index (κ3) is 9.37. The molecule has 0 saturated heterocycles. The topological polar surface area (TPSA) is 63.6 Å². The average molecular weight is 379 g/mol. The van der Waals surface area contributed by atoms with Crippen molar-refractivity contribution in [2.24, 2.45) is 17.8 Å². The Hall–Kier alpha value is -1.42. The fourth-order valence-corrected chi connectivity index (χ4v) is 3.57. The van der Waals surface area contributed by atoms with Gasteiger partial charge in [-0.25, -0.2) is 0 Å². The second-order valence-electron chi connectivity index (χ2n) is 7.67. The lowest BCUT2D eigenvalue weighted by Gasteiger charge is -2.17. The number of unbranched alkanes of at least 4 members (excludes halogenated alkanes) is 2. The standard InChI is InChI=1S/C23H38O4/c1-4-6-11-18(3)21(24)16-14-19-15-17-22(25)20(19)12-9-7-8-10-13-23(26)27-5-2/h7,9,14,16,18-21,24H,4-6,8,10-13,15,17H2,1-3H3/b9-7-,16-14+/t18?,19?,20-,21-/m1/s1. The number of ether oxygens (including phenoxy) is 1. The second-order valence-corrected chi connectivity index (χ2v) is 7.67. The zero-order valence-electron chi connectivity index (χ0n) is 17.4. The van der Waals surface area contributed by atoms with Gasteiger partial charge in [0, 0.05) is 18.8 Å². The van der Waals surface area contributed by atoms with Gasteiger partial charge in [0.1, 0.15) is 5.78 Å². The number of Topliss-reactive ketones (excluding diaryl/α,β-unsaturated/α-hetero) is 1. The number of carbonyl (C=O) groups is 2. The van der Waals surface area contributed by atoms with Crippen LogP contribution in [0.5, 0.6) is 0 Å². The highest BCUT2D eigenvalue weighted by atomic mass is 16.5. The van der Waals surface area contributed by atoms with Crippen molar-refractivity contribution in [1.29, 1.82) is 0 Å². The van der Waals surface area contributed by atoms with Crippen molar-refractivity contribution in [3.05, 3.63) is 24.3 Å². The summed E-state index contributed by atoms with van der Waals surface area (Å²) in [5.74, 6) is 0.703. The van der Waals surface area contributed by atoms with E-state index in [0.717, 1.165) is 44.9 Å². The van der Waals surface area contributed by atoms with Crippen LogP contribution >= 0.6 is 0 Å². The van der Waals surface area contributed by atoms with Gasteiger partial charge >= 0.3 is 5.97 Å². The minimum absolute atomic E-state index is 0.0284. The van der Waals surface area contributed by atoms with E-state index >= 15 is 0 Å². The largest absolute Gasteiger partial charge is 0.466 e. The Morgan fingerprint density at radius 3 is 2.78 bits per heavy atom. The van der Waals surface area contributed by atoms with Crippen molar-refractivity contribution in [1.82, 2.24) is 0 Å². The van der Waals surface area contributed by atoms with Crippen molar-refractivity contribution in [2.45, 2.75) is 84.7 Å². The van der Waals surface area contributed by atoms with Gasteiger partial charge in [-0.2, -0.15) is 0 Å². The number of esters is 1. The van der Waals surface area contributed by atoms with Crippen LogP contribution in [0, 0.1) is 17.8 Å². The molecule has 0 amide bonds. The lowest BCUT2D eigenvalue weighted by molar-refractivity contribution is -0.143. The van der Waals surface area contributed by atoms with Crippen LogP contribution in [-0.2, 0) is 14.3 Å². The molecular weight excluding hydrogens is 340 g/mol. The van der Waals surface area contributed by atoms with Gasteiger partial charge in [-0.1, -0.05) is 51.0 Å². The van der Waals surface area contributed by atoms with Crippen molar-refractivity contribution in [2.75, 3.05) is 6.61 Å². The molecule has 0 radical (unpaired) electrons. The molecule has 1 fully saturated rings. The summed E-state index contributed by atoms with van der Waals surface area (Å²) in [6, 6.07) is 0. The van der Waals surface area contributed by atoms with E-state index < -0.39 is 6.10 Å². The Morgan fingerprint density at radius 1 is 1.30 bits per heavy atom. The third-order valence-electron chi connectivity index (χ3n) is 5.42. The van der Waals surface area contributed by atoms with Crippen LogP contribution in [0.15, 0.2) is 24.3 Å². The van der Waals surface area contributed by atoms with Crippen LogP contribution in [0.25, 0.3) is 0 Å². The first-order chi connectivity index (χ1) is 13.0. The van der Waals surface area contributed by atoms with Gasteiger partial charge in [0.25, 0.3) is 0 Å². The van der Waals surface area contributed by atoms with Gasteiger partial charge in [0.05, 0.1) is 12.7 Å². The molecule has 0 aliphatic heterocycles. The summed E-state index contributed by atoms with van der Waals surface area (Å²) < 4.78 is 4.91. The molecule has 1 rings (SSSR count). The maximum Gasteiger partial charge on any atom is 0.305 e. The number of carbonyl (C=O) groups excluding carboxylic acids is 2. The number of hydrogen-bond acceptors (Lipinski definition) is 4. The van der Waals surface area contributed by atoms with Gasteiger partial charge in [0.2, 0.25) is 0 Å². The SMILES string of the molecule is CCCCC(C)[C@H](O)/C=C/C1CCC(=O)[C@@H]1C/C=C\CCCC(=O)OCC. The zero-order chi connectivity index (χ0) is 20.1. The monoisotopic (exact) mass is 378 g/mol. The fourth-order valence-electron chi connectivity index (χ4n) is 3.57. The quantitative estimate of drug-likeness (QED) is 0.278. The summed E-state index contributed by atoms with van der Waals surface area (Å²) in [5.41, 5.74) is 0. The Kier molecular flexibility index (Phi) is 12.0. The molecule has 0 aromatic heterocycles. The van der Waals surface area contributed by atoms with Crippen molar-refractivity contribution >= 4 is 11.8 Å². The Morgan fingerprint density at radius 2 is 2.07 bits per heavy atom. The maximum absolute atomic E-state index is 12.2. The van der Waals surface area contributed by atoms with Crippen molar-refractivity contribution < 1.29 is 19.4 Å². The van der Waals surface area contributed by atoms with E-state index in [0.29, 0.717) is 25.2 Å². The Labute approximate surface area is 165 Å². The molecular formula is C23H38O4. The lowest BCUT2D eigenvalue weighted by Crippen LogP contribution is -2.16. The van der Waals surface area contributed by atoms with Crippen molar-refractivity contribution in [3.8, 4) is 0 Å². The van der Waals surface area contributed by atoms with E-state index in [1.807, 2.05) is 13.0 Å². The third-order valence-corrected chi connectivity index (χ3v) is 5.42. The summed E-state index contributed by atoms with van der Waals surface area (Å²) in [4.78, 5) is 23.5. The average Bonchev–Trinajstić information content (AvgIpc) is 3.00. The van der Waals surface area contributed by atoms with Gasteiger partial charge in [-0.15, -0.1) is 0 Å². The smallest absolute Gasteiger partial charge is 0.305 e. The van der Waals surface area contributed by atoms with Gasteiger partial charge in [0.15, 0.2) is 0 Å². The first-order valence-electron chi connectivity index (χ1n) is 10.7. The van der Waals surface area contributed by atoms with E-state index in [2.05, 4.69) is 32.1 Å². The van der Waals surface area contributed by atoms with Crippen LogP contribution in [0.4, 0.5) is 0 Å². The zero-order valence-corrected chi connectivity index (χ0v) is 17.4. The Bertz CT molecular complexity index is 495. The highest BCUT2D eigenvalue weighted by molar-refractivity contribution is 5.83. The molecule has 4 heteroatoms. The van der Waals surface area contributed by atoms with E-state index in [1.54, 1.807) is 0 Å². The minimum atomic E-state index is -0.425. The first-order valence-corrected chi connectivity index (χ1v) is 10.7. The molecule has 0 aromatic rings. The molecule has 0 bridgehead atoms. The van der Waals surface area contributed by atoms with Gasteiger partial charge in [-0.3, -0.25) is 9.59 Å². The summed E-state index contributed by atoms with van der Waals surface area (Å²) >= 11 is 0. The number of rotatable bonds is 13. The van der Waals surface area contributed by atoms with E-state index in [1.165, 1.54) is 0 Å². The summed E-state index contributed by atoms with van der Waals surface area (Å²) in [7, 11) is 0. The molecule has 1 aliphatic carbocycles. The molecule has 1 aliphatic rings. The predicted octanol–water partition coefficient (Wildman–Crippen LogP) is 5.00. The van der Waals surface area contributed by atoms with Crippen LogP contribution < -0.4 is 0 Å². The molecule has 2 unspecified atom stereocenters. The summed E-state index contributed by atoms with van der Waals surface area (Å²) in [6.45, 7) is 6.49. The molecule has 4 atom stereocenters. The highest BCUT2D eigenvalue weighted by Gasteiger charge is 2.32. The Balaban J connectivity index is 2.39. The number of allylic oxidation sites excluding steroid dienone is 3. The van der Waals surface area contributed by atoms with E-state index in [9.17, 15) is 14.7 Å². The minimum Gasteiger partial charge on any atom is -0.466 e. The lowest BCUT2D eigenvalue weighted by atomic mass is 9.90. The second kappa shape index (κ2) is 13.7. The molecule has 0 aromatic carbocycles. The number of aliphatic hydroxyl groups excluding tert-OH is 1. The molecule has 0 heterocycles. The molecule has 154 valence electrons. The number of hydrogen-bond donors (Lipinski definition) is 1. The maximum atomic E-state index is 12.2. The normalized spacial score (nSPS) is 22.6. The molecule has 1 N–H and O–H groups in total. The fraction of sp³-hybridized carbons (Fsp3) is 0.739.